The molecule has 0 aromatic heterocycles. The van der Waals surface area contributed by atoms with E-state index in [4.69, 9.17) is 0 Å². The number of hydrogen-bond acceptors (Lipinski definition) is 2. The largest absolute Gasteiger partial charge is 0.328 e. The maximum Gasteiger partial charge on any atom is 0.211 e. The maximum absolute atomic E-state index is 11.1. The third-order valence-electron chi connectivity index (χ3n) is 1.58. The van der Waals surface area contributed by atoms with E-state index in [1.807, 2.05) is 0 Å². The number of hydrogen-bond donors (Lipinski definition) is 1. The number of nitrogens with one attached hydrogen (secondary N) is 1. The van der Waals surface area contributed by atoms with E-state index >= 15 is 0 Å². The Morgan fingerprint density at radius 2 is 2.23 bits per heavy atom. The van der Waals surface area contributed by atoms with Gasteiger partial charge in [-0.3, -0.25) is 9.59 Å². The van der Waals surface area contributed by atoms with Crippen molar-refractivity contribution >= 4 is 33.8 Å². The van der Waals surface area contributed by atoms with Crippen LogP contribution in [-0.4, -0.2) is 12.2 Å². The first kappa shape index (κ1) is 9.92. The molecule has 0 saturated carbocycles. The first-order valence-corrected chi connectivity index (χ1v) is 4.45. The molecule has 0 radical (unpaired) electrons. The van der Waals surface area contributed by atoms with E-state index in [2.05, 4.69) is 21.2 Å². The van der Waals surface area contributed by atoms with Crippen LogP contribution in [0.15, 0.2) is 22.7 Å². The number of carbonyl (C=O) groups excluding carboxylic acids is 2. The van der Waals surface area contributed by atoms with Gasteiger partial charge in [0.05, 0.1) is 5.69 Å². The van der Waals surface area contributed by atoms with E-state index in [0.29, 0.717) is 17.7 Å². The van der Waals surface area contributed by atoms with Crippen molar-refractivity contribution in [2.75, 3.05) is 5.32 Å². The molecule has 1 rings (SSSR count). The van der Waals surface area contributed by atoms with Crippen LogP contribution >= 0.6 is 15.9 Å². The molecule has 0 spiro atoms. The van der Waals surface area contributed by atoms with Gasteiger partial charge in [-0.1, -0.05) is 15.9 Å². The summed E-state index contributed by atoms with van der Waals surface area (Å²) in [5, 5.41) is 2.46. The van der Waals surface area contributed by atoms with Crippen LogP contribution in [0, 0.1) is 0 Å². The predicted molar refractivity (Wildman–Crippen MR) is 53.8 cm³/mol. The van der Waals surface area contributed by atoms with Crippen LogP contribution in [0.5, 0.6) is 0 Å². The third kappa shape index (κ3) is 2.39. The lowest BCUT2D eigenvalue weighted by Gasteiger charge is -2.04. The Hall–Kier alpha value is -1.16. The van der Waals surface area contributed by atoms with Crippen molar-refractivity contribution in [2.24, 2.45) is 0 Å². The van der Waals surface area contributed by atoms with Gasteiger partial charge in [-0.2, -0.15) is 0 Å². The summed E-state index contributed by atoms with van der Waals surface area (Å²) in [6.45, 7) is 1.46. The lowest BCUT2D eigenvalue weighted by Crippen LogP contribution is -2.02. The average Bonchev–Trinajstić information content (AvgIpc) is 2.08. The van der Waals surface area contributed by atoms with Crippen LogP contribution in [0.3, 0.4) is 0 Å². The number of ketones is 1. The van der Waals surface area contributed by atoms with E-state index in [9.17, 15) is 9.59 Å². The maximum atomic E-state index is 11.1. The normalized spacial score (nSPS) is 9.38. The van der Waals surface area contributed by atoms with E-state index in [0.717, 1.165) is 4.47 Å². The van der Waals surface area contributed by atoms with Gasteiger partial charge in [0.2, 0.25) is 6.41 Å². The second-order valence-corrected chi connectivity index (χ2v) is 3.42. The molecule has 0 unspecified atom stereocenters. The Labute approximate surface area is 84.3 Å². The molecule has 0 aliphatic carbocycles. The number of amides is 1. The van der Waals surface area contributed by atoms with Crippen LogP contribution in [0.1, 0.15) is 17.3 Å². The number of carbonyl (C=O) groups is 2. The Morgan fingerprint density at radius 3 is 2.77 bits per heavy atom. The second kappa shape index (κ2) is 4.18. The molecule has 1 aromatic rings. The molecule has 0 bridgehead atoms. The van der Waals surface area contributed by atoms with Crippen LogP contribution in [0.25, 0.3) is 0 Å². The Morgan fingerprint density at radius 1 is 1.54 bits per heavy atom. The molecule has 3 nitrogen and oxygen atoms in total. The van der Waals surface area contributed by atoms with E-state index < -0.39 is 0 Å². The number of Topliss-reactive ketones (excluding diaryl/α,β-unsaturated/α-hetero) is 1. The van der Waals surface area contributed by atoms with Gasteiger partial charge < -0.3 is 5.32 Å². The molecule has 0 aliphatic heterocycles. The molecule has 1 aromatic carbocycles. The van der Waals surface area contributed by atoms with Crippen molar-refractivity contribution in [1.29, 1.82) is 0 Å². The highest BCUT2D eigenvalue weighted by Gasteiger charge is 2.06. The lowest BCUT2D eigenvalue weighted by atomic mass is 10.1. The minimum Gasteiger partial charge on any atom is -0.328 e. The zero-order valence-electron chi connectivity index (χ0n) is 7.00. The predicted octanol–water partition coefficient (Wildman–Crippen LogP) is 2.22. The van der Waals surface area contributed by atoms with Crippen molar-refractivity contribution < 1.29 is 9.59 Å². The SMILES string of the molecule is CC(=O)c1cc(Br)ccc1NC=O. The molecule has 68 valence electrons. The Bertz CT molecular complexity index is 349. The minimum atomic E-state index is -0.0781. The summed E-state index contributed by atoms with van der Waals surface area (Å²) in [6.07, 6.45) is 0.551. The minimum absolute atomic E-state index is 0.0781. The summed E-state index contributed by atoms with van der Waals surface area (Å²) in [5.74, 6) is -0.0781. The molecule has 0 atom stereocenters. The fourth-order valence-corrected chi connectivity index (χ4v) is 1.36. The molecule has 0 heterocycles. The molecule has 0 fully saturated rings. The summed E-state index contributed by atoms with van der Waals surface area (Å²) < 4.78 is 0.814. The highest BCUT2D eigenvalue weighted by atomic mass is 79.9. The molecule has 13 heavy (non-hydrogen) atoms. The van der Waals surface area contributed by atoms with Crippen molar-refractivity contribution in [3.63, 3.8) is 0 Å². The Kier molecular flexibility index (Phi) is 3.19. The fraction of sp³-hybridized carbons (Fsp3) is 0.111. The van der Waals surface area contributed by atoms with Crippen molar-refractivity contribution in [3.05, 3.63) is 28.2 Å². The molecule has 1 amide bonds. The molecular weight excluding hydrogens is 234 g/mol. The highest BCUT2D eigenvalue weighted by molar-refractivity contribution is 9.10. The first-order valence-electron chi connectivity index (χ1n) is 3.66. The van der Waals surface area contributed by atoms with Crippen molar-refractivity contribution in [3.8, 4) is 0 Å². The van der Waals surface area contributed by atoms with Crippen LogP contribution < -0.4 is 5.32 Å². The monoisotopic (exact) mass is 241 g/mol. The van der Waals surface area contributed by atoms with Gasteiger partial charge in [-0.05, 0) is 25.1 Å². The van der Waals surface area contributed by atoms with E-state index in [1.165, 1.54) is 6.92 Å². The van der Waals surface area contributed by atoms with Gasteiger partial charge in [0.15, 0.2) is 5.78 Å². The van der Waals surface area contributed by atoms with Crippen molar-refractivity contribution in [1.82, 2.24) is 0 Å². The summed E-state index contributed by atoms with van der Waals surface area (Å²) in [6, 6.07) is 5.11. The van der Waals surface area contributed by atoms with Gasteiger partial charge in [0.1, 0.15) is 0 Å². The lowest BCUT2D eigenvalue weighted by molar-refractivity contribution is -0.105. The number of rotatable bonds is 3. The number of anilines is 1. The fourth-order valence-electron chi connectivity index (χ4n) is 0.997. The molecule has 4 heteroatoms. The van der Waals surface area contributed by atoms with Crippen LogP contribution in [0.2, 0.25) is 0 Å². The van der Waals surface area contributed by atoms with Gasteiger partial charge in [-0.15, -0.1) is 0 Å². The van der Waals surface area contributed by atoms with Crippen molar-refractivity contribution in [2.45, 2.75) is 6.92 Å². The van der Waals surface area contributed by atoms with Crippen LogP contribution in [-0.2, 0) is 4.79 Å². The summed E-state index contributed by atoms with van der Waals surface area (Å²) in [7, 11) is 0. The number of benzene rings is 1. The second-order valence-electron chi connectivity index (χ2n) is 2.51. The first-order chi connectivity index (χ1) is 6.15. The summed E-state index contributed by atoms with van der Waals surface area (Å²) >= 11 is 3.25. The molecule has 0 saturated heterocycles. The molecular formula is C9H8BrNO2. The van der Waals surface area contributed by atoms with E-state index in [1.54, 1.807) is 18.2 Å². The third-order valence-corrected chi connectivity index (χ3v) is 2.07. The molecule has 0 aliphatic rings. The van der Waals surface area contributed by atoms with Gasteiger partial charge in [-0.25, -0.2) is 0 Å². The zero-order valence-corrected chi connectivity index (χ0v) is 8.59. The van der Waals surface area contributed by atoms with Gasteiger partial charge in [0, 0.05) is 10.0 Å². The smallest absolute Gasteiger partial charge is 0.211 e. The Balaban J connectivity index is 3.17. The number of halogens is 1. The molecule has 1 N–H and O–H groups in total. The topological polar surface area (TPSA) is 46.2 Å². The average molecular weight is 242 g/mol. The highest BCUT2D eigenvalue weighted by Crippen LogP contribution is 2.20. The van der Waals surface area contributed by atoms with Gasteiger partial charge >= 0.3 is 0 Å². The standard InChI is InChI=1S/C9H8BrNO2/c1-6(13)8-4-7(10)2-3-9(8)11-5-12/h2-5H,1H3,(H,11,12). The zero-order chi connectivity index (χ0) is 9.84. The van der Waals surface area contributed by atoms with Crippen LogP contribution in [0.4, 0.5) is 5.69 Å². The van der Waals surface area contributed by atoms with E-state index in [-0.39, 0.29) is 5.78 Å². The quantitative estimate of drug-likeness (QED) is 0.652. The van der Waals surface area contributed by atoms with Gasteiger partial charge in [0.25, 0.3) is 0 Å². The summed E-state index contributed by atoms with van der Waals surface area (Å²) in [5.41, 5.74) is 1.03. The summed E-state index contributed by atoms with van der Waals surface area (Å²) in [4.78, 5) is 21.3.